The number of amides is 2. The van der Waals surface area contributed by atoms with Crippen molar-refractivity contribution < 1.29 is 14.0 Å². The number of carbonyl (C=O) groups is 2. The summed E-state index contributed by atoms with van der Waals surface area (Å²) in [5.41, 5.74) is 2.28. The number of hydrogen-bond acceptors (Lipinski definition) is 4. The molecule has 4 rings (SSSR count). The number of amidine groups is 1. The predicted octanol–water partition coefficient (Wildman–Crippen LogP) is 6.07. The fraction of sp³-hybridized carbons (Fsp3) is 0.192. The van der Waals surface area contributed by atoms with Crippen LogP contribution in [0.4, 0.5) is 15.8 Å². The number of nitrogens with one attached hydrogen (secondary N) is 1. The second-order valence-corrected chi connectivity index (χ2v) is 9.42. The lowest BCUT2D eigenvalue weighted by molar-refractivity contribution is -0.129. The third-order valence-corrected chi connectivity index (χ3v) is 6.69. The first-order valence-corrected chi connectivity index (χ1v) is 12.2. The molecule has 1 fully saturated rings. The van der Waals surface area contributed by atoms with Crippen molar-refractivity contribution in [3.8, 4) is 0 Å². The van der Waals surface area contributed by atoms with Crippen LogP contribution in [0.2, 0.25) is 5.02 Å². The first-order chi connectivity index (χ1) is 16.5. The van der Waals surface area contributed by atoms with E-state index in [1.807, 2.05) is 18.2 Å². The van der Waals surface area contributed by atoms with Gasteiger partial charge >= 0.3 is 0 Å². The van der Waals surface area contributed by atoms with Gasteiger partial charge < -0.3 is 5.32 Å². The van der Waals surface area contributed by atoms with E-state index in [1.54, 1.807) is 29.2 Å². The number of benzene rings is 3. The molecule has 0 bridgehead atoms. The molecule has 1 heterocycles. The van der Waals surface area contributed by atoms with E-state index < -0.39 is 5.25 Å². The van der Waals surface area contributed by atoms with Gasteiger partial charge in [-0.3, -0.25) is 14.5 Å². The van der Waals surface area contributed by atoms with Crippen LogP contribution in [-0.4, -0.2) is 33.7 Å². The van der Waals surface area contributed by atoms with Crippen LogP contribution in [0.25, 0.3) is 0 Å². The summed E-state index contributed by atoms with van der Waals surface area (Å²) in [4.78, 5) is 32.3. The van der Waals surface area contributed by atoms with Crippen molar-refractivity contribution in [3.05, 3.63) is 95.3 Å². The smallest absolute Gasteiger partial charge is 0.238 e. The average Bonchev–Trinajstić information content (AvgIpc) is 2.83. The summed E-state index contributed by atoms with van der Waals surface area (Å²) in [6.07, 6.45) is 1.64. The van der Waals surface area contributed by atoms with Crippen LogP contribution in [0.1, 0.15) is 18.4 Å². The zero-order valence-corrected chi connectivity index (χ0v) is 19.9. The highest BCUT2D eigenvalue weighted by atomic mass is 35.5. The Labute approximate surface area is 207 Å². The van der Waals surface area contributed by atoms with Crippen LogP contribution >= 0.6 is 23.4 Å². The molecule has 3 aromatic carbocycles. The summed E-state index contributed by atoms with van der Waals surface area (Å²) in [6, 6.07) is 22.6. The molecule has 0 aromatic heterocycles. The minimum absolute atomic E-state index is 0.0532. The van der Waals surface area contributed by atoms with E-state index in [4.69, 9.17) is 11.6 Å². The van der Waals surface area contributed by atoms with Crippen LogP contribution in [0.3, 0.4) is 0 Å². The number of rotatable bonds is 7. The molecule has 5 nitrogen and oxygen atoms in total. The summed E-state index contributed by atoms with van der Waals surface area (Å²) in [7, 11) is 0. The number of halogens is 2. The molecular weight excluding hydrogens is 473 g/mol. The Hall–Kier alpha value is -3.16. The molecular formula is C26H23ClFN3O2S. The van der Waals surface area contributed by atoms with Gasteiger partial charge in [0.1, 0.15) is 11.1 Å². The van der Waals surface area contributed by atoms with E-state index in [9.17, 15) is 14.0 Å². The van der Waals surface area contributed by atoms with Crippen molar-refractivity contribution in [2.75, 3.05) is 11.9 Å². The molecule has 1 aliphatic heterocycles. The van der Waals surface area contributed by atoms with Gasteiger partial charge in [0.25, 0.3) is 0 Å². The SMILES string of the molecule is O=C(Nc1ccc(F)cc1)C1CC(=O)N(CCCc2ccccc2)C(=Nc2cccc(Cl)c2)S1. The minimum atomic E-state index is -0.652. The molecule has 1 unspecified atom stereocenters. The monoisotopic (exact) mass is 495 g/mol. The molecule has 0 saturated carbocycles. The topological polar surface area (TPSA) is 61.8 Å². The largest absolute Gasteiger partial charge is 0.325 e. The third-order valence-electron chi connectivity index (χ3n) is 5.27. The number of hydrogen-bond donors (Lipinski definition) is 1. The fourth-order valence-electron chi connectivity index (χ4n) is 3.56. The van der Waals surface area contributed by atoms with E-state index in [2.05, 4.69) is 22.4 Å². The Balaban J connectivity index is 1.51. The van der Waals surface area contributed by atoms with Crippen LogP contribution in [0, 0.1) is 5.82 Å². The van der Waals surface area contributed by atoms with Gasteiger partial charge in [0, 0.05) is 23.7 Å². The lowest BCUT2D eigenvalue weighted by atomic mass is 10.1. The van der Waals surface area contributed by atoms with Crippen molar-refractivity contribution in [2.24, 2.45) is 4.99 Å². The van der Waals surface area contributed by atoms with Crippen LogP contribution in [0.15, 0.2) is 83.9 Å². The number of carbonyl (C=O) groups excluding carboxylic acids is 2. The Bertz CT molecular complexity index is 1190. The van der Waals surface area contributed by atoms with Gasteiger partial charge in [0.2, 0.25) is 11.8 Å². The molecule has 34 heavy (non-hydrogen) atoms. The van der Waals surface area contributed by atoms with E-state index in [0.717, 1.165) is 12.8 Å². The Morgan fingerprint density at radius 1 is 1.09 bits per heavy atom. The standard InChI is InChI=1S/C26H23ClFN3O2S/c27-19-9-4-10-22(16-19)30-26-31(15-5-8-18-6-2-1-3-7-18)24(32)17-23(34-26)25(33)29-21-13-11-20(28)12-14-21/h1-4,6-7,9-14,16,23H,5,8,15,17H2,(H,29,33). The van der Waals surface area contributed by atoms with Gasteiger partial charge in [-0.1, -0.05) is 59.8 Å². The highest BCUT2D eigenvalue weighted by Crippen LogP contribution is 2.31. The van der Waals surface area contributed by atoms with Gasteiger partial charge in [-0.25, -0.2) is 9.38 Å². The van der Waals surface area contributed by atoms with E-state index >= 15 is 0 Å². The first kappa shape index (κ1) is 24.0. The molecule has 1 N–H and O–H groups in total. The van der Waals surface area contributed by atoms with Gasteiger partial charge in [0.05, 0.1) is 5.69 Å². The Kier molecular flexibility index (Phi) is 7.98. The summed E-state index contributed by atoms with van der Waals surface area (Å²) in [5, 5.41) is 3.11. The molecule has 2 amide bonds. The molecule has 1 atom stereocenters. The second kappa shape index (κ2) is 11.3. The molecule has 0 aliphatic carbocycles. The maximum Gasteiger partial charge on any atom is 0.238 e. The highest BCUT2D eigenvalue weighted by molar-refractivity contribution is 8.15. The quantitative estimate of drug-likeness (QED) is 0.432. The summed E-state index contributed by atoms with van der Waals surface area (Å²) in [5.74, 6) is -0.873. The lowest BCUT2D eigenvalue weighted by Crippen LogP contribution is -2.45. The van der Waals surface area contributed by atoms with Gasteiger partial charge in [-0.15, -0.1) is 0 Å². The number of aliphatic imine (C=N–C) groups is 1. The van der Waals surface area contributed by atoms with Gasteiger partial charge in [-0.05, 0) is 60.9 Å². The maximum atomic E-state index is 13.2. The molecule has 8 heteroatoms. The number of nitrogens with zero attached hydrogens (tertiary/aromatic N) is 2. The van der Waals surface area contributed by atoms with Crippen LogP contribution < -0.4 is 5.32 Å². The van der Waals surface area contributed by atoms with E-state index in [1.165, 1.54) is 41.6 Å². The molecule has 0 radical (unpaired) electrons. The molecule has 1 saturated heterocycles. The molecule has 1 aliphatic rings. The third kappa shape index (κ3) is 6.46. The predicted molar refractivity (Wildman–Crippen MR) is 136 cm³/mol. The minimum Gasteiger partial charge on any atom is -0.325 e. The zero-order chi connectivity index (χ0) is 23.9. The van der Waals surface area contributed by atoms with Crippen molar-refractivity contribution in [1.82, 2.24) is 4.90 Å². The second-order valence-electron chi connectivity index (χ2n) is 7.82. The van der Waals surface area contributed by atoms with E-state index in [-0.39, 0.29) is 24.1 Å². The Morgan fingerprint density at radius 3 is 2.59 bits per heavy atom. The lowest BCUT2D eigenvalue weighted by Gasteiger charge is -2.32. The van der Waals surface area contributed by atoms with Crippen LogP contribution in [0.5, 0.6) is 0 Å². The summed E-state index contributed by atoms with van der Waals surface area (Å²) >= 11 is 7.36. The summed E-state index contributed by atoms with van der Waals surface area (Å²) < 4.78 is 13.2. The molecule has 174 valence electrons. The number of aryl methyl sites for hydroxylation is 1. The number of thioether (sulfide) groups is 1. The fourth-order valence-corrected chi connectivity index (χ4v) is 4.87. The van der Waals surface area contributed by atoms with Crippen molar-refractivity contribution >= 4 is 51.7 Å². The normalized spacial score (nSPS) is 17.1. The van der Waals surface area contributed by atoms with Crippen molar-refractivity contribution in [2.45, 2.75) is 24.5 Å². The summed E-state index contributed by atoms with van der Waals surface area (Å²) in [6.45, 7) is 0.492. The van der Waals surface area contributed by atoms with Crippen molar-refractivity contribution in [3.63, 3.8) is 0 Å². The van der Waals surface area contributed by atoms with Gasteiger partial charge in [0.15, 0.2) is 5.17 Å². The van der Waals surface area contributed by atoms with Crippen LogP contribution in [-0.2, 0) is 16.0 Å². The van der Waals surface area contributed by atoms with E-state index in [0.29, 0.717) is 28.1 Å². The molecule has 3 aromatic rings. The average molecular weight is 496 g/mol. The Morgan fingerprint density at radius 2 is 1.85 bits per heavy atom. The maximum absolute atomic E-state index is 13.2. The first-order valence-electron chi connectivity index (χ1n) is 10.9. The zero-order valence-electron chi connectivity index (χ0n) is 18.3. The highest BCUT2D eigenvalue weighted by Gasteiger charge is 2.35. The van der Waals surface area contributed by atoms with Gasteiger partial charge in [-0.2, -0.15) is 0 Å². The number of anilines is 1. The molecule has 0 spiro atoms. The van der Waals surface area contributed by atoms with Crippen molar-refractivity contribution in [1.29, 1.82) is 0 Å².